The normalized spacial score (nSPS) is 22.1. The lowest BCUT2D eigenvalue weighted by Gasteiger charge is -2.08. The zero-order valence-corrected chi connectivity index (χ0v) is 8.98. The summed E-state index contributed by atoms with van der Waals surface area (Å²) in [5, 5.41) is 8.72. The van der Waals surface area contributed by atoms with Crippen molar-refractivity contribution in [1.29, 1.82) is 0 Å². The number of sulfonamides is 1. The minimum Gasteiger partial charge on any atom is -0.376 e. The van der Waals surface area contributed by atoms with Crippen LogP contribution in [-0.2, 0) is 21.3 Å². The number of nitrogens with two attached hydrogens (primary N) is 1. The van der Waals surface area contributed by atoms with Gasteiger partial charge in [-0.1, -0.05) is 0 Å². The maximum atomic E-state index is 11.0. The molecule has 0 amide bonds. The van der Waals surface area contributed by atoms with Crippen LogP contribution in [0, 0.1) is 0 Å². The monoisotopic (exact) mass is 231 g/mol. The Morgan fingerprint density at radius 3 is 3.00 bits per heavy atom. The van der Waals surface area contributed by atoms with E-state index in [0.29, 0.717) is 6.54 Å². The summed E-state index contributed by atoms with van der Waals surface area (Å²) in [7, 11) is -3.69. The smallest absolute Gasteiger partial charge is 0.257 e. The van der Waals surface area contributed by atoms with Gasteiger partial charge in [0, 0.05) is 12.8 Å². The molecule has 6 nitrogen and oxygen atoms in total. The van der Waals surface area contributed by atoms with E-state index in [1.807, 2.05) is 0 Å². The summed E-state index contributed by atoms with van der Waals surface area (Å²) in [5.41, 5.74) is 0. The van der Waals surface area contributed by atoms with Crippen molar-refractivity contribution >= 4 is 10.0 Å². The van der Waals surface area contributed by atoms with Crippen molar-refractivity contribution in [3.8, 4) is 0 Å². The molecule has 84 valence electrons. The van der Waals surface area contributed by atoms with Crippen molar-refractivity contribution in [3.05, 3.63) is 12.3 Å². The number of ether oxygens (including phenoxy) is 1. The minimum absolute atomic E-state index is 0.0968. The third-order valence-corrected chi connectivity index (χ3v) is 3.12. The van der Waals surface area contributed by atoms with Crippen LogP contribution in [0.3, 0.4) is 0 Å². The van der Waals surface area contributed by atoms with Gasteiger partial charge in [0.15, 0.2) is 5.03 Å². The van der Waals surface area contributed by atoms with Crippen LogP contribution < -0.4 is 5.14 Å². The Labute approximate surface area is 88.1 Å². The third-order valence-electron chi connectivity index (χ3n) is 2.32. The lowest BCUT2D eigenvalue weighted by Crippen LogP contribution is -2.17. The predicted molar refractivity (Wildman–Crippen MR) is 52.6 cm³/mol. The molecule has 1 saturated heterocycles. The maximum Gasteiger partial charge on any atom is 0.257 e. The van der Waals surface area contributed by atoms with Gasteiger partial charge in [0.05, 0.1) is 12.6 Å². The molecule has 0 spiro atoms. The average Bonchev–Trinajstić information content (AvgIpc) is 2.73. The molecule has 1 atom stereocenters. The van der Waals surface area contributed by atoms with E-state index in [1.54, 1.807) is 10.9 Å². The van der Waals surface area contributed by atoms with E-state index < -0.39 is 10.0 Å². The minimum atomic E-state index is -3.69. The molecule has 1 aliphatic heterocycles. The molecule has 0 aromatic carbocycles. The maximum absolute atomic E-state index is 11.0. The van der Waals surface area contributed by atoms with Crippen LogP contribution in [0.1, 0.15) is 12.8 Å². The number of aromatic nitrogens is 2. The standard InChI is InChI=1S/C8H13N3O3S/c9-15(12,13)8-3-4-11(10-8)6-7-2-1-5-14-7/h3-4,7H,1-2,5-6H2,(H2,9,12,13). The van der Waals surface area contributed by atoms with Crippen molar-refractivity contribution in [3.63, 3.8) is 0 Å². The molecule has 1 unspecified atom stereocenters. The van der Waals surface area contributed by atoms with E-state index in [9.17, 15) is 8.42 Å². The van der Waals surface area contributed by atoms with Gasteiger partial charge < -0.3 is 4.74 Å². The lowest BCUT2D eigenvalue weighted by molar-refractivity contribution is 0.0937. The molecule has 0 radical (unpaired) electrons. The third kappa shape index (κ3) is 2.55. The molecule has 1 aliphatic rings. The van der Waals surface area contributed by atoms with Crippen molar-refractivity contribution in [2.24, 2.45) is 5.14 Å². The molecule has 1 fully saturated rings. The van der Waals surface area contributed by atoms with Gasteiger partial charge in [0.1, 0.15) is 0 Å². The van der Waals surface area contributed by atoms with Crippen LogP contribution in [0.25, 0.3) is 0 Å². The molecule has 1 aromatic rings. The van der Waals surface area contributed by atoms with Crippen LogP contribution in [0.15, 0.2) is 17.3 Å². The quantitative estimate of drug-likeness (QED) is 0.774. The van der Waals surface area contributed by atoms with Gasteiger partial charge in [-0.3, -0.25) is 4.68 Å². The zero-order valence-electron chi connectivity index (χ0n) is 8.17. The van der Waals surface area contributed by atoms with E-state index in [0.717, 1.165) is 19.4 Å². The molecule has 0 bridgehead atoms. The first-order chi connectivity index (χ1) is 7.05. The Morgan fingerprint density at radius 2 is 2.47 bits per heavy atom. The molecular formula is C8H13N3O3S. The van der Waals surface area contributed by atoms with Crippen LogP contribution >= 0.6 is 0 Å². The fourth-order valence-corrected chi connectivity index (χ4v) is 2.06. The Morgan fingerprint density at radius 1 is 1.67 bits per heavy atom. The molecule has 2 heterocycles. The number of rotatable bonds is 3. The second-order valence-electron chi connectivity index (χ2n) is 3.56. The van der Waals surface area contributed by atoms with E-state index in [4.69, 9.17) is 9.88 Å². The fraction of sp³-hybridized carbons (Fsp3) is 0.625. The summed E-state index contributed by atoms with van der Waals surface area (Å²) >= 11 is 0. The van der Waals surface area contributed by atoms with Crippen molar-refractivity contribution in [1.82, 2.24) is 9.78 Å². The van der Waals surface area contributed by atoms with E-state index in [1.165, 1.54) is 6.07 Å². The van der Waals surface area contributed by atoms with E-state index in [-0.39, 0.29) is 11.1 Å². The summed E-state index contributed by atoms with van der Waals surface area (Å²) in [5.74, 6) is 0. The van der Waals surface area contributed by atoms with Gasteiger partial charge in [0.25, 0.3) is 10.0 Å². The van der Waals surface area contributed by atoms with E-state index >= 15 is 0 Å². The Balaban J connectivity index is 2.07. The number of primary sulfonamides is 1. The molecular weight excluding hydrogens is 218 g/mol. The number of hydrogen-bond donors (Lipinski definition) is 1. The molecule has 2 rings (SSSR count). The highest BCUT2D eigenvalue weighted by molar-refractivity contribution is 7.89. The molecule has 0 saturated carbocycles. The number of hydrogen-bond acceptors (Lipinski definition) is 4. The predicted octanol–water partition coefficient (Wildman–Crippen LogP) is -0.291. The second kappa shape index (κ2) is 3.92. The summed E-state index contributed by atoms with van der Waals surface area (Å²) < 4.78 is 28.9. The van der Waals surface area contributed by atoms with Crippen LogP contribution in [0.4, 0.5) is 0 Å². The number of nitrogens with zero attached hydrogens (tertiary/aromatic N) is 2. The summed E-state index contributed by atoms with van der Waals surface area (Å²) in [6, 6.07) is 1.39. The van der Waals surface area contributed by atoms with Crippen molar-refractivity contribution in [2.75, 3.05) is 6.61 Å². The summed E-state index contributed by atoms with van der Waals surface area (Å²) in [4.78, 5) is 0. The highest BCUT2D eigenvalue weighted by atomic mass is 32.2. The summed E-state index contributed by atoms with van der Waals surface area (Å²) in [6.07, 6.45) is 3.78. The van der Waals surface area contributed by atoms with Crippen LogP contribution in [0.2, 0.25) is 0 Å². The first kappa shape index (κ1) is 10.6. The SMILES string of the molecule is NS(=O)(=O)c1ccn(CC2CCCO2)n1. The van der Waals surface area contributed by atoms with Gasteiger partial charge in [-0.2, -0.15) is 5.10 Å². The largest absolute Gasteiger partial charge is 0.376 e. The highest BCUT2D eigenvalue weighted by Crippen LogP contribution is 2.14. The summed E-state index contributed by atoms with van der Waals surface area (Å²) in [6.45, 7) is 1.35. The molecule has 2 N–H and O–H groups in total. The van der Waals surface area contributed by atoms with Gasteiger partial charge in [-0.15, -0.1) is 0 Å². The van der Waals surface area contributed by atoms with Gasteiger partial charge in [0.2, 0.25) is 0 Å². The Kier molecular flexibility index (Phi) is 2.76. The molecule has 15 heavy (non-hydrogen) atoms. The van der Waals surface area contributed by atoms with Gasteiger partial charge in [-0.25, -0.2) is 13.6 Å². The van der Waals surface area contributed by atoms with Crippen molar-refractivity contribution in [2.45, 2.75) is 30.5 Å². The van der Waals surface area contributed by atoms with Crippen molar-refractivity contribution < 1.29 is 13.2 Å². The average molecular weight is 231 g/mol. The second-order valence-corrected chi connectivity index (χ2v) is 5.06. The first-order valence-corrected chi connectivity index (χ1v) is 6.28. The lowest BCUT2D eigenvalue weighted by atomic mass is 10.2. The molecule has 1 aromatic heterocycles. The van der Waals surface area contributed by atoms with Crippen LogP contribution in [0.5, 0.6) is 0 Å². The molecule has 7 heteroatoms. The Bertz CT molecular complexity index is 434. The van der Waals surface area contributed by atoms with E-state index in [2.05, 4.69) is 5.10 Å². The fourth-order valence-electron chi connectivity index (χ4n) is 1.59. The topological polar surface area (TPSA) is 87.2 Å². The van der Waals surface area contributed by atoms with Gasteiger partial charge >= 0.3 is 0 Å². The molecule has 0 aliphatic carbocycles. The van der Waals surface area contributed by atoms with Crippen LogP contribution in [-0.4, -0.2) is 30.9 Å². The zero-order chi connectivity index (χ0) is 10.9. The van der Waals surface area contributed by atoms with Gasteiger partial charge in [-0.05, 0) is 18.9 Å². The highest BCUT2D eigenvalue weighted by Gasteiger charge is 2.18. The first-order valence-electron chi connectivity index (χ1n) is 4.73. The Hall–Kier alpha value is -0.920.